The highest BCUT2D eigenvalue weighted by Crippen LogP contribution is 2.39. The molecule has 1 aromatic rings. The molecule has 1 aliphatic rings. The molecule has 0 radical (unpaired) electrons. The van der Waals surface area contributed by atoms with Gasteiger partial charge >= 0.3 is 0 Å². The SMILES string of the molecule is CC(C)n1ccc2c1CCC2(C)C. The van der Waals surface area contributed by atoms with Gasteiger partial charge in [0.1, 0.15) is 0 Å². The number of nitrogens with zero attached hydrogens (tertiary/aromatic N) is 1. The summed E-state index contributed by atoms with van der Waals surface area (Å²) in [5.41, 5.74) is 3.55. The largest absolute Gasteiger partial charge is 0.349 e. The van der Waals surface area contributed by atoms with E-state index >= 15 is 0 Å². The van der Waals surface area contributed by atoms with Crippen LogP contribution in [0.25, 0.3) is 0 Å². The number of rotatable bonds is 1. The third-order valence-corrected chi connectivity index (χ3v) is 3.30. The van der Waals surface area contributed by atoms with Crippen molar-refractivity contribution in [2.75, 3.05) is 0 Å². The number of fused-ring (bicyclic) bond motifs is 1. The highest BCUT2D eigenvalue weighted by Gasteiger charge is 2.32. The first-order valence-electron chi connectivity index (χ1n) is 5.22. The molecule has 1 nitrogen and oxygen atoms in total. The summed E-state index contributed by atoms with van der Waals surface area (Å²) in [6, 6.07) is 2.92. The Morgan fingerprint density at radius 1 is 1.38 bits per heavy atom. The minimum atomic E-state index is 0.412. The van der Waals surface area contributed by atoms with Gasteiger partial charge in [-0.25, -0.2) is 0 Å². The topological polar surface area (TPSA) is 4.93 Å². The van der Waals surface area contributed by atoms with Gasteiger partial charge < -0.3 is 4.57 Å². The lowest BCUT2D eigenvalue weighted by Crippen LogP contribution is -2.10. The van der Waals surface area contributed by atoms with E-state index in [0.29, 0.717) is 11.5 Å². The van der Waals surface area contributed by atoms with Gasteiger partial charge in [0, 0.05) is 17.9 Å². The van der Waals surface area contributed by atoms with Crippen LogP contribution in [0.1, 0.15) is 51.4 Å². The predicted molar refractivity (Wildman–Crippen MR) is 56.2 cm³/mol. The second-order valence-corrected chi connectivity index (χ2v) is 5.06. The minimum Gasteiger partial charge on any atom is -0.349 e. The summed E-state index contributed by atoms with van der Waals surface area (Å²) < 4.78 is 2.42. The highest BCUT2D eigenvalue weighted by molar-refractivity contribution is 5.35. The van der Waals surface area contributed by atoms with E-state index in [4.69, 9.17) is 0 Å². The average Bonchev–Trinajstić information content (AvgIpc) is 2.52. The van der Waals surface area contributed by atoms with Crippen LogP contribution in [0.3, 0.4) is 0 Å². The zero-order valence-electron chi connectivity index (χ0n) is 9.09. The van der Waals surface area contributed by atoms with Crippen molar-refractivity contribution in [1.82, 2.24) is 4.57 Å². The second-order valence-electron chi connectivity index (χ2n) is 5.06. The normalized spacial score (nSPS) is 19.5. The van der Waals surface area contributed by atoms with Gasteiger partial charge in [0.15, 0.2) is 0 Å². The van der Waals surface area contributed by atoms with Crippen molar-refractivity contribution in [3.63, 3.8) is 0 Å². The lowest BCUT2D eigenvalue weighted by Gasteiger charge is -2.16. The lowest BCUT2D eigenvalue weighted by atomic mass is 9.88. The van der Waals surface area contributed by atoms with E-state index in [2.05, 4.69) is 44.5 Å². The molecule has 1 heterocycles. The van der Waals surface area contributed by atoms with Gasteiger partial charge in [0.2, 0.25) is 0 Å². The van der Waals surface area contributed by atoms with Crippen LogP contribution in [-0.2, 0) is 11.8 Å². The van der Waals surface area contributed by atoms with Gasteiger partial charge in [0.25, 0.3) is 0 Å². The maximum atomic E-state index is 2.42. The van der Waals surface area contributed by atoms with Crippen LogP contribution in [0, 0.1) is 0 Å². The number of aromatic nitrogens is 1. The standard InChI is InChI=1S/C12H19N/c1-9(2)13-8-6-10-11(13)5-7-12(10,3)4/h6,8-9H,5,7H2,1-4H3. The van der Waals surface area contributed by atoms with Crippen LogP contribution in [0.2, 0.25) is 0 Å². The van der Waals surface area contributed by atoms with Crippen molar-refractivity contribution in [2.24, 2.45) is 0 Å². The summed E-state index contributed by atoms with van der Waals surface area (Å²) in [5, 5.41) is 0. The fourth-order valence-electron chi connectivity index (χ4n) is 2.41. The van der Waals surface area contributed by atoms with Gasteiger partial charge in [-0.05, 0) is 43.7 Å². The maximum Gasteiger partial charge on any atom is 0.0276 e. The Kier molecular flexibility index (Phi) is 1.79. The van der Waals surface area contributed by atoms with Crippen LogP contribution in [0.5, 0.6) is 0 Å². The monoisotopic (exact) mass is 177 g/mol. The molecule has 0 bridgehead atoms. The molecule has 0 saturated carbocycles. The summed E-state index contributed by atoms with van der Waals surface area (Å²) in [4.78, 5) is 0. The van der Waals surface area contributed by atoms with E-state index in [0.717, 1.165) is 0 Å². The zero-order valence-corrected chi connectivity index (χ0v) is 9.09. The Balaban J connectivity index is 2.48. The van der Waals surface area contributed by atoms with E-state index in [9.17, 15) is 0 Å². The Morgan fingerprint density at radius 3 is 2.69 bits per heavy atom. The van der Waals surface area contributed by atoms with E-state index in [1.54, 1.807) is 11.3 Å². The molecule has 1 aliphatic carbocycles. The maximum absolute atomic E-state index is 2.42. The molecule has 0 spiro atoms. The van der Waals surface area contributed by atoms with Gasteiger partial charge in [-0.2, -0.15) is 0 Å². The van der Waals surface area contributed by atoms with E-state index in [-0.39, 0.29) is 0 Å². The molecule has 0 aromatic carbocycles. The van der Waals surface area contributed by atoms with Crippen molar-refractivity contribution in [1.29, 1.82) is 0 Å². The van der Waals surface area contributed by atoms with Crippen LogP contribution in [0.4, 0.5) is 0 Å². The van der Waals surface area contributed by atoms with Crippen LogP contribution in [0.15, 0.2) is 12.3 Å². The zero-order chi connectivity index (χ0) is 9.64. The van der Waals surface area contributed by atoms with E-state index < -0.39 is 0 Å². The van der Waals surface area contributed by atoms with Gasteiger partial charge in [0.05, 0.1) is 0 Å². The predicted octanol–water partition coefficient (Wildman–Crippen LogP) is 3.29. The van der Waals surface area contributed by atoms with Gasteiger partial charge in [-0.1, -0.05) is 13.8 Å². The molecule has 0 saturated heterocycles. The lowest BCUT2D eigenvalue weighted by molar-refractivity contribution is 0.517. The smallest absolute Gasteiger partial charge is 0.0276 e. The van der Waals surface area contributed by atoms with Crippen molar-refractivity contribution >= 4 is 0 Å². The molecule has 2 rings (SSSR count). The van der Waals surface area contributed by atoms with Crippen LogP contribution in [-0.4, -0.2) is 4.57 Å². The van der Waals surface area contributed by atoms with Crippen LogP contribution >= 0.6 is 0 Å². The Hall–Kier alpha value is -0.720. The van der Waals surface area contributed by atoms with E-state index in [1.807, 2.05) is 0 Å². The number of hydrogen-bond donors (Lipinski definition) is 0. The van der Waals surface area contributed by atoms with Crippen molar-refractivity contribution < 1.29 is 0 Å². The first kappa shape index (κ1) is 8.86. The average molecular weight is 177 g/mol. The van der Waals surface area contributed by atoms with Crippen LogP contribution < -0.4 is 0 Å². The fraction of sp³-hybridized carbons (Fsp3) is 0.667. The van der Waals surface area contributed by atoms with Gasteiger partial charge in [-0.15, -0.1) is 0 Å². The molecule has 1 heteroatoms. The molecule has 0 amide bonds. The highest BCUT2D eigenvalue weighted by atomic mass is 15.0. The molecule has 0 fully saturated rings. The quantitative estimate of drug-likeness (QED) is 0.620. The van der Waals surface area contributed by atoms with Crippen molar-refractivity contribution in [2.45, 2.75) is 52.0 Å². The molecule has 0 atom stereocenters. The Morgan fingerprint density at radius 2 is 2.08 bits per heavy atom. The molecule has 0 unspecified atom stereocenters. The summed E-state index contributed by atoms with van der Waals surface area (Å²) in [5.74, 6) is 0. The Labute approximate surface area is 80.8 Å². The second kappa shape index (κ2) is 2.63. The fourth-order valence-corrected chi connectivity index (χ4v) is 2.41. The summed E-state index contributed by atoms with van der Waals surface area (Å²) in [7, 11) is 0. The third-order valence-electron chi connectivity index (χ3n) is 3.30. The summed E-state index contributed by atoms with van der Waals surface area (Å²) in [6.07, 6.45) is 4.81. The molecular formula is C12H19N. The molecular weight excluding hydrogens is 158 g/mol. The molecule has 72 valence electrons. The number of hydrogen-bond acceptors (Lipinski definition) is 0. The van der Waals surface area contributed by atoms with Gasteiger partial charge in [-0.3, -0.25) is 0 Å². The van der Waals surface area contributed by atoms with E-state index in [1.165, 1.54) is 12.8 Å². The minimum absolute atomic E-state index is 0.412. The Bertz CT molecular complexity index is 318. The summed E-state index contributed by atoms with van der Waals surface area (Å²) >= 11 is 0. The first-order chi connectivity index (χ1) is 6.02. The molecule has 0 aliphatic heterocycles. The molecule has 1 aromatic heterocycles. The van der Waals surface area contributed by atoms with Crippen molar-refractivity contribution in [3.05, 3.63) is 23.5 Å². The third kappa shape index (κ3) is 1.21. The molecule has 0 N–H and O–H groups in total. The first-order valence-corrected chi connectivity index (χ1v) is 5.22. The molecule has 13 heavy (non-hydrogen) atoms. The summed E-state index contributed by atoms with van der Waals surface area (Å²) in [6.45, 7) is 9.21. The van der Waals surface area contributed by atoms with Crippen molar-refractivity contribution in [3.8, 4) is 0 Å².